The summed E-state index contributed by atoms with van der Waals surface area (Å²) in [5.74, 6) is 0. The Bertz CT molecular complexity index is 280. The van der Waals surface area contributed by atoms with E-state index in [2.05, 4.69) is 15.9 Å². The molecule has 1 heterocycles. The number of carbonyl (C=O) groups is 1. The zero-order chi connectivity index (χ0) is 9.19. The van der Waals surface area contributed by atoms with Crippen LogP contribution in [0.25, 0.3) is 0 Å². The first-order chi connectivity index (χ1) is 5.58. The number of carbonyl (C=O) groups excluding carboxylic acids is 1. The highest BCUT2D eigenvalue weighted by atomic mass is 79.9. The minimum absolute atomic E-state index is 0.131. The van der Waals surface area contributed by atoms with Crippen LogP contribution in [0.1, 0.15) is 18.2 Å². The summed E-state index contributed by atoms with van der Waals surface area (Å²) in [5.41, 5.74) is -1.03. The zero-order valence-electron chi connectivity index (χ0n) is 6.58. The van der Waals surface area contributed by atoms with Crippen LogP contribution in [-0.4, -0.2) is 11.4 Å². The molecule has 0 aliphatic rings. The summed E-state index contributed by atoms with van der Waals surface area (Å²) in [7, 11) is 0. The number of rotatable bonds is 3. The van der Waals surface area contributed by atoms with Crippen LogP contribution in [0.4, 0.5) is 0 Å². The molecule has 0 aromatic carbocycles. The Morgan fingerprint density at radius 2 is 2.50 bits per heavy atom. The van der Waals surface area contributed by atoms with E-state index in [1.54, 1.807) is 6.92 Å². The molecule has 0 amide bonds. The van der Waals surface area contributed by atoms with Gasteiger partial charge < -0.3 is 9.90 Å². The summed E-state index contributed by atoms with van der Waals surface area (Å²) in [5, 5.41) is 11.7. The Kier molecular flexibility index (Phi) is 3.04. The van der Waals surface area contributed by atoms with Crippen molar-refractivity contribution in [3.8, 4) is 0 Å². The van der Waals surface area contributed by atoms with Crippen LogP contribution in [0.3, 0.4) is 0 Å². The van der Waals surface area contributed by atoms with Gasteiger partial charge in [0, 0.05) is 10.9 Å². The van der Waals surface area contributed by atoms with Crippen molar-refractivity contribution in [3.05, 3.63) is 20.8 Å². The molecule has 66 valence electrons. The number of aliphatic hydroxyl groups is 1. The molecule has 0 radical (unpaired) electrons. The van der Waals surface area contributed by atoms with Crippen LogP contribution < -0.4 is 0 Å². The highest BCUT2D eigenvalue weighted by Gasteiger charge is 2.26. The Labute approximate surface area is 83.4 Å². The van der Waals surface area contributed by atoms with E-state index < -0.39 is 5.60 Å². The molecule has 4 heteroatoms. The molecule has 1 rings (SSSR count). The number of hydrogen-bond acceptors (Lipinski definition) is 3. The quantitative estimate of drug-likeness (QED) is 0.834. The molecular formula is C8H9BrO2S. The first-order valence-corrected chi connectivity index (χ1v) is 5.14. The van der Waals surface area contributed by atoms with Gasteiger partial charge in [0.05, 0.1) is 4.88 Å². The van der Waals surface area contributed by atoms with E-state index in [1.807, 2.05) is 11.4 Å². The summed E-state index contributed by atoms with van der Waals surface area (Å²) >= 11 is 4.75. The van der Waals surface area contributed by atoms with Crippen LogP contribution in [-0.2, 0) is 10.4 Å². The third-order valence-electron chi connectivity index (χ3n) is 1.59. The Morgan fingerprint density at radius 1 is 1.83 bits per heavy atom. The lowest BCUT2D eigenvalue weighted by atomic mass is 10.0. The number of hydrogen-bond donors (Lipinski definition) is 1. The Balaban J connectivity index is 2.96. The fourth-order valence-corrected chi connectivity index (χ4v) is 2.81. The molecule has 0 saturated heterocycles. The maximum Gasteiger partial charge on any atom is 0.123 e. The van der Waals surface area contributed by atoms with Gasteiger partial charge in [0.25, 0.3) is 0 Å². The highest BCUT2D eigenvalue weighted by Crippen LogP contribution is 2.34. The van der Waals surface area contributed by atoms with Gasteiger partial charge in [-0.15, -0.1) is 11.3 Å². The second-order valence-electron chi connectivity index (χ2n) is 2.74. The normalized spacial score (nSPS) is 15.6. The number of halogens is 1. The fraction of sp³-hybridized carbons (Fsp3) is 0.375. The van der Waals surface area contributed by atoms with Crippen molar-refractivity contribution in [2.24, 2.45) is 0 Å². The summed E-state index contributed by atoms with van der Waals surface area (Å²) in [4.78, 5) is 11.1. The van der Waals surface area contributed by atoms with E-state index in [4.69, 9.17) is 0 Å². The average Bonchev–Trinajstić information content (AvgIpc) is 2.35. The largest absolute Gasteiger partial charge is 0.384 e. The molecule has 0 aliphatic carbocycles. The molecule has 0 saturated carbocycles. The Hall–Kier alpha value is -0.190. The Morgan fingerprint density at radius 3 is 2.92 bits per heavy atom. The first kappa shape index (κ1) is 9.89. The van der Waals surface area contributed by atoms with Crippen molar-refractivity contribution in [2.75, 3.05) is 0 Å². The second kappa shape index (κ2) is 3.68. The lowest BCUT2D eigenvalue weighted by molar-refractivity contribution is -0.111. The van der Waals surface area contributed by atoms with Gasteiger partial charge in [-0.05, 0) is 34.3 Å². The van der Waals surface area contributed by atoms with Gasteiger partial charge >= 0.3 is 0 Å². The van der Waals surface area contributed by atoms with E-state index in [-0.39, 0.29) is 6.42 Å². The molecule has 1 atom stereocenters. The molecule has 1 N–H and O–H groups in total. The van der Waals surface area contributed by atoms with Gasteiger partial charge in [0.15, 0.2) is 0 Å². The smallest absolute Gasteiger partial charge is 0.123 e. The van der Waals surface area contributed by atoms with Crippen molar-refractivity contribution in [3.63, 3.8) is 0 Å². The fourth-order valence-electron chi connectivity index (χ4n) is 0.933. The van der Waals surface area contributed by atoms with Gasteiger partial charge in [0.1, 0.15) is 11.9 Å². The van der Waals surface area contributed by atoms with E-state index in [1.165, 1.54) is 11.3 Å². The van der Waals surface area contributed by atoms with Gasteiger partial charge in [-0.1, -0.05) is 0 Å². The molecular weight excluding hydrogens is 240 g/mol. The van der Waals surface area contributed by atoms with Crippen LogP contribution in [0.5, 0.6) is 0 Å². The van der Waals surface area contributed by atoms with Crippen molar-refractivity contribution < 1.29 is 9.90 Å². The van der Waals surface area contributed by atoms with Crippen molar-refractivity contribution in [1.29, 1.82) is 0 Å². The number of thiophene rings is 1. The second-order valence-corrected chi connectivity index (χ2v) is 4.51. The van der Waals surface area contributed by atoms with Crippen molar-refractivity contribution in [2.45, 2.75) is 18.9 Å². The highest BCUT2D eigenvalue weighted by molar-refractivity contribution is 9.10. The summed E-state index contributed by atoms with van der Waals surface area (Å²) in [6, 6.07) is 1.86. The zero-order valence-corrected chi connectivity index (χ0v) is 8.98. The van der Waals surface area contributed by atoms with E-state index in [0.717, 1.165) is 15.6 Å². The maximum absolute atomic E-state index is 10.3. The van der Waals surface area contributed by atoms with E-state index in [9.17, 15) is 9.90 Å². The molecule has 12 heavy (non-hydrogen) atoms. The third kappa shape index (κ3) is 1.94. The minimum Gasteiger partial charge on any atom is -0.384 e. The van der Waals surface area contributed by atoms with Gasteiger partial charge in [-0.2, -0.15) is 0 Å². The number of aldehydes is 1. The maximum atomic E-state index is 10.3. The summed E-state index contributed by atoms with van der Waals surface area (Å²) in [6.07, 6.45) is 0.859. The predicted molar refractivity (Wildman–Crippen MR) is 52.3 cm³/mol. The monoisotopic (exact) mass is 248 g/mol. The standard InChI is InChI=1S/C8H9BrO2S/c1-8(11,3-4-10)7-6(9)2-5-12-7/h2,4-5,11H,3H2,1H3. The molecule has 0 fully saturated rings. The predicted octanol–water partition coefficient (Wildman–Crippen LogP) is 2.31. The molecule has 1 aromatic rings. The van der Waals surface area contributed by atoms with Crippen LogP contribution in [0.2, 0.25) is 0 Å². The molecule has 0 spiro atoms. The molecule has 1 aromatic heterocycles. The van der Waals surface area contributed by atoms with Gasteiger partial charge in [-0.25, -0.2) is 0 Å². The van der Waals surface area contributed by atoms with Crippen LogP contribution in [0, 0.1) is 0 Å². The van der Waals surface area contributed by atoms with Crippen LogP contribution in [0.15, 0.2) is 15.9 Å². The topological polar surface area (TPSA) is 37.3 Å². The first-order valence-electron chi connectivity index (χ1n) is 3.47. The molecule has 2 nitrogen and oxygen atoms in total. The summed E-state index contributed by atoms with van der Waals surface area (Å²) < 4.78 is 0.861. The van der Waals surface area contributed by atoms with Gasteiger partial charge in [0.2, 0.25) is 0 Å². The lowest BCUT2D eigenvalue weighted by Crippen LogP contribution is -2.20. The van der Waals surface area contributed by atoms with Crippen molar-refractivity contribution in [1.82, 2.24) is 0 Å². The van der Waals surface area contributed by atoms with Crippen LogP contribution >= 0.6 is 27.3 Å². The van der Waals surface area contributed by atoms with Crippen molar-refractivity contribution >= 4 is 33.6 Å². The van der Waals surface area contributed by atoms with E-state index >= 15 is 0 Å². The van der Waals surface area contributed by atoms with E-state index in [0.29, 0.717) is 0 Å². The molecule has 0 bridgehead atoms. The SMILES string of the molecule is CC(O)(CC=O)c1sccc1Br. The molecule has 1 unspecified atom stereocenters. The van der Waals surface area contributed by atoms with Gasteiger partial charge in [-0.3, -0.25) is 0 Å². The lowest BCUT2D eigenvalue weighted by Gasteiger charge is -2.19. The molecule has 0 aliphatic heterocycles. The summed E-state index contributed by atoms with van der Waals surface area (Å²) in [6.45, 7) is 1.64. The third-order valence-corrected chi connectivity index (χ3v) is 3.68. The average molecular weight is 249 g/mol. The minimum atomic E-state index is -1.03.